The van der Waals surface area contributed by atoms with Crippen molar-refractivity contribution in [2.45, 2.75) is 109 Å². The molecule has 3 rings (SSSR count). The van der Waals surface area contributed by atoms with Crippen molar-refractivity contribution in [3.8, 4) is 5.75 Å². The van der Waals surface area contributed by atoms with Crippen LogP contribution in [0.15, 0.2) is 48.7 Å². The highest BCUT2D eigenvalue weighted by Gasteiger charge is 2.23. The number of ether oxygens (including phenoxy) is 1. The van der Waals surface area contributed by atoms with Gasteiger partial charge in [-0.3, -0.25) is 4.79 Å². The van der Waals surface area contributed by atoms with Gasteiger partial charge in [0.05, 0.1) is 0 Å². The lowest BCUT2D eigenvalue weighted by molar-refractivity contribution is -0.134. The van der Waals surface area contributed by atoms with Crippen LogP contribution in [0.25, 0.3) is 10.9 Å². The van der Waals surface area contributed by atoms with Gasteiger partial charge in [0.25, 0.3) is 0 Å². The molecular weight excluding hydrogens is 444 g/mol. The first-order chi connectivity index (χ1) is 19.2. The minimum absolute atomic E-state index is 0.204. The molecule has 0 amide bonds. The zero-order valence-electron chi connectivity index (χ0n) is 26.4. The normalized spacial score (nSPS) is 19.1. The molecule has 1 atom stereocenters. The second-order valence-electron chi connectivity index (χ2n) is 9.91. The van der Waals surface area contributed by atoms with Crippen LogP contribution in [0.3, 0.4) is 0 Å². The molecule has 0 aliphatic carbocycles. The Balaban J connectivity index is 1.39. The molecule has 1 N–H and O–H groups in total. The Morgan fingerprint density at radius 2 is 1.83 bits per heavy atom. The topological polar surface area (TPSA) is 45.3 Å². The minimum atomic E-state index is -1.56. The van der Waals surface area contributed by atoms with Crippen LogP contribution in [0.1, 0.15) is 108 Å². The molecule has 1 fully saturated rings. The number of aromatic amines is 1. The largest absolute Gasteiger partial charge is 0.426 e. The van der Waals surface area contributed by atoms with Gasteiger partial charge in [-0.15, -0.1) is 0 Å². The monoisotopic (exact) mass is 496 g/mol. The van der Waals surface area contributed by atoms with Crippen LogP contribution in [0, 0.1) is 0 Å². The molecule has 2 heterocycles. The number of benzene rings is 1. The SMILES string of the molecule is [2H]C([2H])(/C=C\CCCCC)/C=C\CCCCCCCC(=O)Oc1cccc2[nH]cc(C([2H])([2H])[C@H]3CCCN3C)c12. The van der Waals surface area contributed by atoms with E-state index in [4.69, 9.17) is 10.2 Å². The maximum atomic E-state index is 12.7. The van der Waals surface area contributed by atoms with E-state index < -0.39 is 12.7 Å². The fourth-order valence-electron chi connectivity index (χ4n) is 4.73. The van der Waals surface area contributed by atoms with E-state index >= 15 is 0 Å². The smallest absolute Gasteiger partial charge is 0.311 e. The first kappa shape index (κ1) is 22.8. The Morgan fingerprint density at radius 1 is 1.08 bits per heavy atom. The maximum absolute atomic E-state index is 12.7. The van der Waals surface area contributed by atoms with Crippen molar-refractivity contribution in [1.82, 2.24) is 9.88 Å². The molecule has 1 aromatic heterocycles. The van der Waals surface area contributed by atoms with Crippen molar-refractivity contribution in [2.75, 3.05) is 13.6 Å². The maximum Gasteiger partial charge on any atom is 0.311 e. The molecule has 0 bridgehead atoms. The fourth-order valence-corrected chi connectivity index (χ4v) is 4.73. The van der Waals surface area contributed by atoms with Crippen LogP contribution in [0.5, 0.6) is 5.75 Å². The first-order valence-corrected chi connectivity index (χ1v) is 14.0. The number of likely N-dealkylation sites (N-methyl/N-ethyl adjacent to an activating group) is 1. The zero-order chi connectivity index (χ0) is 29.0. The number of fused-ring (bicyclic) bond motifs is 1. The third-order valence-corrected chi connectivity index (χ3v) is 6.89. The number of nitrogens with one attached hydrogen (secondary N) is 1. The summed E-state index contributed by atoms with van der Waals surface area (Å²) in [7, 11) is 1.97. The predicted octanol–water partition coefficient (Wildman–Crippen LogP) is 8.52. The number of hydrogen-bond acceptors (Lipinski definition) is 3. The number of nitrogens with zero attached hydrogens (tertiary/aromatic N) is 1. The van der Waals surface area contributed by atoms with Gasteiger partial charge >= 0.3 is 5.97 Å². The van der Waals surface area contributed by atoms with Gasteiger partial charge in [0, 0.05) is 35.0 Å². The average Bonchev–Trinajstić information content (AvgIpc) is 3.55. The van der Waals surface area contributed by atoms with Crippen molar-refractivity contribution in [2.24, 2.45) is 0 Å². The summed E-state index contributed by atoms with van der Waals surface area (Å²) in [6.45, 7) is 3.06. The Hall–Kier alpha value is -2.33. The molecule has 1 aliphatic rings. The number of likely N-dealkylation sites (tertiary alicyclic amines) is 1. The first-order valence-electron chi connectivity index (χ1n) is 16.0. The summed E-state index contributed by atoms with van der Waals surface area (Å²) < 4.78 is 39.7. The third-order valence-electron chi connectivity index (χ3n) is 6.89. The summed E-state index contributed by atoms with van der Waals surface area (Å²) in [5.41, 5.74) is 1.32. The van der Waals surface area contributed by atoms with Gasteiger partial charge in [-0.1, -0.05) is 69.4 Å². The van der Waals surface area contributed by atoms with Gasteiger partial charge in [-0.05, 0) is 89.0 Å². The second kappa shape index (κ2) is 16.4. The van der Waals surface area contributed by atoms with Crippen molar-refractivity contribution in [3.05, 3.63) is 54.3 Å². The number of carbonyl (C=O) groups is 1. The molecule has 0 radical (unpaired) electrons. The van der Waals surface area contributed by atoms with E-state index in [0.29, 0.717) is 23.1 Å². The molecule has 0 unspecified atom stereocenters. The summed E-state index contributed by atoms with van der Waals surface area (Å²) in [5, 5.41) is 0.658. The number of unbranched alkanes of at least 4 members (excludes halogenated alkanes) is 8. The highest BCUT2D eigenvalue weighted by atomic mass is 16.5. The van der Waals surface area contributed by atoms with Gasteiger partial charge in [0.1, 0.15) is 5.75 Å². The van der Waals surface area contributed by atoms with Crippen LogP contribution < -0.4 is 4.74 Å². The van der Waals surface area contributed by atoms with Crippen molar-refractivity contribution in [1.29, 1.82) is 0 Å². The number of esters is 1. The lowest BCUT2D eigenvalue weighted by Crippen LogP contribution is -2.26. The van der Waals surface area contributed by atoms with E-state index in [1.165, 1.54) is 12.8 Å². The van der Waals surface area contributed by atoms with E-state index in [2.05, 4.69) is 16.8 Å². The van der Waals surface area contributed by atoms with Gasteiger partial charge in [-0.25, -0.2) is 0 Å². The molecule has 4 nitrogen and oxygen atoms in total. The Kier molecular flexibility index (Phi) is 10.4. The highest BCUT2D eigenvalue weighted by Crippen LogP contribution is 2.32. The summed E-state index contributed by atoms with van der Waals surface area (Å²) in [6, 6.07) is 5.26. The number of aromatic nitrogens is 1. The summed E-state index contributed by atoms with van der Waals surface area (Å²) in [6.07, 6.45) is 18.2. The summed E-state index contributed by atoms with van der Waals surface area (Å²) in [5.74, 6) is 0.136. The van der Waals surface area contributed by atoms with E-state index in [1.54, 1.807) is 24.4 Å². The molecule has 2 aromatic rings. The molecule has 0 saturated carbocycles. The number of allylic oxidation sites excluding steroid dienone is 4. The van der Waals surface area contributed by atoms with Crippen molar-refractivity contribution >= 4 is 16.9 Å². The van der Waals surface area contributed by atoms with Gasteiger partial charge in [-0.2, -0.15) is 0 Å². The Morgan fingerprint density at radius 3 is 2.58 bits per heavy atom. The molecule has 1 saturated heterocycles. The molecule has 1 aliphatic heterocycles. The van der Waals surface area contributed by atoms with Gasteiger partial charge < -0.3 is 14.6 Å². The summed E-state index contributed by atoms with van der Waals surface area (Å²) in [4.78, 5) is 17.9. The Labute approximate surface area is 224 Å². The van der Waals surface area contributed by atoms with Crippen molar-refractivity contribution < 1.29 is 15.0 Å². The third kappa shape index (κ3) is 9.61. The van der Waals surface area contributed by atoms with E-state index in [-0.39, 0.29) is 12.0 Å². The van der Waals surface area contributed by atoms with Crippen LogP contribution in [-0.2, 0) is 11.2 Å². The quantitative estimate of drug-likeness (QED) is 0.103. The van der Waals surface area contributed by atoms with Gasteiger partial charge in [0.2, 0.25) is 0 Å². The lowest BCUT2D eigenvalue weighted by Gasteiger charge is -2.19. The number of rotatable bonds is 17. The molecule has 4 heteroatoms. The second-order valence-corrected chi connectivity index (χ2v) is 9.91. The van der Waals surface area contributed by atoms with E-state index in [0.717, 1.165) is 76.3 Å². The average molecular weight is 497 g/mol. The number of hydrogen-bond donors (Lipinski definition) is 1. The molecule has 0 spiro atoms. The molecular formula is C32H48N2O2. The van der Waals surface area contributed by atoms with Crippen LogP contribution in [0.2, 0.25) is 0 Å². The number of carbonyl (C=O) groups excluding carboxylic acids is 1. The van der Waals surface area contributed by atoms with E-state index in [9.17, 15) is 4.79 Å². The van der Waals surface area contributed by atoms with E-state index in [1.807, 2.05) is 31.3 Å². The van der Waals surface area contributed by atoms with Crippen LogP contribution >= 0.6 is 0 Å². The fraction of sp³-hybridized carbons (Fsp3) is 0.594. The van der Waals surface area contributed by atoms with Crippen molar-refractivity contribution in [3.63, 3.8) is 0 Å². The minimum Gasteiger partial charge on any atom is -0.426 e. The number of H-pyrrole nitrogens is 1. The predicted molar refractivity (Wildman–Crippen MR) is 153 cm³/mol. The standard InChI is InChI=1S/C32H48N2O2/c1-3-4-5-6-7-8-9-10-11-12-13-14-15-16-17-23-31(35)36-30-22-18-21-29-32(30)27(26-33-29)25-28-20-19-24-34(28)2/h7-8,10-11,18,21-22,26,28,33H,3-6,9,12-17,19-20,23-25H2,1-2H3/b8-7-,11-10-/t28-/m1/s1/i9D2,25D2. The Bertz CT molecular complexity index is 1130. The molecule has 198 valence electrons. The summed E-state index contributed by atoms with van der Waals surface area (Å²) >= 11 is 0. The molecule has 1 aromatic carbocycles. The van der Waals surface area contributed by atoms with Crippen LogP contribution in [-0.4, -0.2) is 35.5 Å². The zero-order valence-corrected chi connectivity index (χ0v) is 22.4. The lowest BCUT2D eigenvalue weighted by atomic mass is 10.0. The molecule has 36 heavy (non-hydrogen) atoms. The highest BCUT2D eigenvalue weighted by molar-refractivity contribution is 5.91. The van der Waals surface area contributed by atoms with Crippen LogP contribution in [0.4, 0.5) is 0 Å². The van der Waals surface area contributed by atoms with Gasteiger partial charge in [0.15, 0.2) is 0 Å².